The van der Waals surface area contributed by atoms with Crippen LogP contribution in [0.2, 0.25) is 0 Å². The SMILES string of the molecule is c1ccc(-c2cccc(-n3c4ccccc4c4cc(-c5ccc6c(c5)c5ccccc5n6-c5cccc(-c6ncc7cccc8c7c6-c6ccccc6-8)c5)ccc43)c2)cc1. The fourth-order valence-corrected chi connectivity index (χ4v) is 10.0. The number of rotatable bonds is 5. The highest BCUT2D eigenvalue weighted by Gasteiger charge is 2.25. The van der Waals surface area contributed by atoms with Gasteiger partial charge in [-0.05, 0) is 99.6 Å². The van der Waals surface area contributed by atoms with Crippen molar-refractivity contribution in [3.05, 3.63) is 212 Å². The van der Waals surface area contributed by atoms with Gasteiger partial charge in [0.15, 0.2) is 0 Å². The Morgan fingerprint density at radius 3 is 1.50 bits per heavy atom. The first kappa shape index (κ1) is 33.0. The Bertz CT molecular complexity index is 3720. The number of hydrogen-bond donors (Lipinski definition) is 0. The van der Waals surface area contributed by atoms with E-state index < -0.39 is 0 Å². The van der Waals surface area contributed by atoms with Gasteiger partial charge in [-0.15, -0.1) is 0 Å². The molecule has 9 aromatic carbocycles. The first-order valence-corrected chi connectivity index (χ1v) is 20.6. The number of hydrogen-bond acceptors (Lipinski definition) is 1. The number of fused-ring (bicyclic) bond motifs is 9. The predicted octanol–water partition coefficient (Wildman–Crippen LogP) is 15.1. The van der Waals surface area contributed by atoms with Crippen LogP contribution in [0.5, 0.6) is 0 Å². The number of para-hydroxylation sites is 2. The second-order valence-electron chi connectivity index (χ2n) is 15.9. The topological polar surface area (TPSA) is 22.8 Å². The molecule has 0 amide bonds. The smallest absolute Gasteiger partial charge is 0.0787 e. The molecule has 0 atom stereocenters. The maximum absolute atomic E-state index is 5.14. The highest BCUT2D eigenvalue weighted by Crippen LogP contribution is 2.50. The van der Waals surface area contributed by atoms with Gasteiger partial charge in [-0.1, -0.05) is 146 Å². The van der Waals surface area contributed by atoms with E-state index in [1.54, 1.807) is 0 Å². The van der Waals surface area contributed by atoms with Crippen molar-refractivity contribution in [3.8, 4) is 67.1 Å². The lowest BCUT2D eigenvalue weighted by Crippen LogP contribution is -1.96. The molecular formula is C57H35N3. The summed E-state index contributed by atoms with van der Waals surface area (Å²) in [6.45, 7) is 0. The molecule has 278 valence electrons. The Morgan fingerprint density at radius 1 is 0.317 bits per heavy atom. The summed E-state index contributed by atoms with van der Waals surface area (Å²) in [6, 6.07) is 75.2. The second-order valence-corrected chi connectivity index (χ2v) is 15.9. The molecule has 0 bridgehead atoms. The minimum Gasteiger partial charge on any atom is -0.309 e. The molecule has 0 saturated heterocycles. The molecule has 3 nitrogen and oxygen atoms in total. The van der Waals surface area contributed by atoms with Gasteiger partial charge in [-0.2, -0.15) is 0 Å². The second kappa shape index (κ2) is 12.7. The fourth-order valence-electron chi connectivity index (χ4n) is 10.0. The number of benzene rings is 9. The average molecular weight is 762 g/mol. The predicted molar refractivity (Wildman–Crippen MR) is 251 cm³/mol. The standard InChI is InChI=1S/C57H35N3/c1-2-13-36(14-3-1)37-15-10-18-42(31-37)59-51-25-8-6-21-45(51)49-33-38(27-29-53(49)59)39-28-30-54-50(34-39)46-22-7-9-26-52(46)60(54)43-19-11-16-40(32-43)57-56-48-23-5-4-20-44(48)47-24-12-17-41(35-58-57)55(47)56/h1-35H. The zero-order valence-electron chi connectivity index (χ0n) is 32.5. The van der Waals surface area contributed by atoms with Crippen LogP contribution in [0.1, 0.15) is 0 Å². The number of pyridine rings is 1. The van der Waals surface area contributed by atoms with Crippen LogP contribution in [0.4, 0.5) is 0 Å². The van der Waals surface area contributed by atoms with Crippen LogP contribution in [0.15, 0.2) is 212 Å². The molecule has 1 aliphatic rings. The molecule has 3 heteroatoms. The van der Waals surface area contributed by atoms with E-state index in [9.17, 15) is 0 Å². The Morgan fingerprint density at radius 2 is 0.817 bits per heavy atom. The first-order chi connectivity index (χ1) is 29.8. The lowest BCUT2D eigenvalue weighted by molar-refractivity contribution is 1.18. The van der Waals surface area contributed by atoms with Crippen molar-refractivity contribution in [1.29, 1.82) is 0 Å². The summed E-state index contributed by atoms with van der Waals surface area (Å²) in [4.78, 5) is 5.14. The van der Waals surface area contributed by atoms with Gasteiger partial charge in [0, 0.05) is 61.0 Å². The molecule has 60 heavy (non-hydrogen) atoms. The zero-order chi connectivity index (χ0) is 39.3. The molecule has 0 unspecified atom stereocenters. The van der Waals surface area contributed by atoms with Crippen LogP contribution in [0, 0.1) is 0 Å². The van der Waals surface area contributed by atoms with Gasteiger partial charge in [-0.25, -0.2) is 0 Å². The molecule has 0 spiro atoms. The van der Waals surface area contributed by atoms with Gasteiger partial charge in [0.25, 0.3) is 0 Å². The Hall–Kier alpha value is -8.01. The van der Waals surface area contributed by atoms with Gasteiger partial charge < -0.3 is 9.13 Å². The molecule has 3 heterocycles. The molecule has 3 aromatic heterocycles. The third-order valence-electron chi connectivity index (χ3n) is 12.7. The van der Waals surface area contributed by atoms with Gasteiger partial charge in [-0.3, -0.25) is 4.98 Å². The van der Waals surface area contributed by atoms with E-state index in [4.69, 9.17) is 4.98 Å². The minimum absolute atomic E-state index is 1.02. The summed E-state index contributed by atoms with van der Waals surface area (Å²) in [7, 11) is 0. The van der Waals surface area contributed by atoms with E-state index in [0.717, 1.165) is 22.6 Å². The van der Waals surface area contributed by atoms with E-state index in [0.29, 0.717) is 0 Å². The molecule has 13 rings (SSSR count). The van der Waals surface area contributed by atoms with E-state index in [1.165, 1.54) is 98.9 Å². The van der Waals surface area contributed by atoms with Crippen molar-refractivity contribution in [3.63, 3.8) is 0 Å². The summed E-state index contributed by atoms with van der Waals surface area (Å²) in [5, 5.41) is 7.42. The lowest BCUT2D eigenvalue weighted by atomic mass is 9.98. The van der Waals surface area contributed by atoms with E-state index >= 15 is 0 Å². The summed E-state index contributed by atoms with van der Waals surface area (Å²) < 4.78 is 4.82. The molecule has 0 aliphatic heterocycles. The molecule has 0 radical (unpaired) electrons. The van der Waals surface area contributed by atoms with E-state index in [-0.39, 0.29) is 0 Å². The summed E-state index contributed by atoms with van der Waals surface area (Å²) in [5.41, 5.74) is 19.0. The summed E-state index contributed by atoms with van der Waals surface area (Å²) in [6.07, 6.45) is 2.04. The summed E-state index contributed by atoms with van der Waals surface area (Å²) in [5.74, 6) is 0. The first-order valence-electron chi connectivity index (χ1n) is 20.6. The monoisotopic (exact) mass is 761 g/mol. The molecule has 1 aliphatic carbocycles. The maximum Gasteiger partial charge on any atom is 0.0787 e. The zero-order valence-corrected chi connectivity index (χ0v) is 32.5. The quantitative estimate of drug-likeness (QED) is 0.171. The molecule has 0 saturated carbocycles. The van der Waals surface area contributed by atoms with Crippen molar-refractivity contribution in [1.82, 2.24) is 14.1 Å². The normalized spacial score (nSPS) is 12.0. The van der Waals surface area contributed by atoms with Crippen LogP contribution < -0.4 is 0 Å². The van der Waals surface area contributed by atoms with Crippen LogP contribution in [-0.4, -0.2) is 14.1 Å². The number of nitrogens with zero attached hydrogens (tertiary/aromatic N) is 3. The Kier molecular flexibility index (Phi) is 7.01. The van der Waals surface area contributed by atoms with Crippen LogP contribution >= 0.6 is 0 Å². The van der Waals surface area contributed by atoms with Crippen molar-refractivity contribution in [2.45, 2.75) is 0 Å². The molecule has 0 fully saturated rings. The van der Waals surface area contributed by atoms with Gasteiger partial charge >= 0.3 is 0 Å². The van der Waals surface area contributed by atoms with E-state index in [2.05, 4.69) is 215 Å². The largest absolute Gasteiger partial charge is 0.309 e. The Labute approximate surface area is 346 Å². The van der Waals surface area contributed by atoms with Gasteiger partial charge in [0.05, 0.1) is 27.8 Å². The van der Waals surface area contributed by atoms with Gasteiger partial charge in [0.2, 0.25) is 0 Å². The third-order valence-corrected chi connectivity index (χ3v) is 12.7. The number of aromatic nitrogens is 3. The van der Waals surface area contributed by atoms with Crippen molar-refractivity contribution in [2.75, 3.05) is 0 Å². The van der Waals surface area contributed by atoms with Crippen molar-refractivity contribution < 1.29 is 0 Å². The molecule has 0 N–H and O–H groups in total. The summed E-state index contributed by atoms with van der Waals surface area (Å²) >= 11 is 0. The molecular weight excluding hydrogens is 727 g/mol. The maximum atomic E-state index is 5.14. The highest BCUT2D eigenvalue weighted by atomic mass is 15.0. The average Bonchev–Trinajstić information content (AvgIpc) is 3.96. The van der Waals surface area contributed by atoms with Crippen molar-refractivity contribution in [2.24, 2.45) is 0 Å². The van der Waals surface area contributed by atoms with E-state index in [1.807, 2.05) is 6.20 Å². The molecule has 12 aromatic rings. The highest BCUT2D eigenvalue weighted by molar-refractivity contribution is 6.18. The van der Waals surface area contributed by atoms with Crippen molar-refractivity contribution >= 4 is 54.4 Å². The van der Waals surface area contributed by atoms with Crippen LogP contribution in [-0.2, 0) is 0 Å². The minimum atomic E-state index is 1.02. The van der Waals surface area contributed by atoms with Gasteiger partial charge in [0.1, 0.15) is 0 Å². The Balaban J connectivity index is 0.944. The van der Waals surface area contributed by atoms with Crippen LogP contribution in [0.25, 0.3) is 122 Å². The third kappa shape index (κ3) is 4.81. The lowest BCUT2D eigenvalue weighted by Gasteiger charge is -2.13. The fraction of sp³-hybridized carbons (Fsp3) is 0. The van der Waals surface area contributed by atoms with Crippen LogP contribution in [0.3, 0.4) is 0 Å².